The van der Waals surface area contributed by atoms with Gasteiger partial charge in [-0.25, -0.2) is 0 Å². The first-order valence-electron chi connectivity index (χ1n) is 5.07. The average Bonchev–Trinajstić information content (AvgIpc) is 2.75. The third kappa shape index (κ3) is 1.75. The molecule has 0 amide bonds. The van der Waals surface area contributed by atoms with Gasteiger partial charge in [-0.2, -0.15) is 5.10 Å². The lowest BCUT2D eigenvalue weighted by molar-refractivity contribution is 0.466. The van der Waals surface area contributed by atoms with Gasteiger partial charge in [0.2, 0.25) is 0 Å². The standard InChI is InChI=1S/C10H17N3/c1-8(11)9-6-12-13(7-9)10-4-2-3-5-10/h6-8,10H,2-5,11H2,1H3/t8-/m1/s1. The summed E-state index contributed by atoms with van der Waals surface area (Å²) in [7, 11) is 0. The molecular weight excluding hydrogens is 162 g/mol. The number of nitrogens with two attached hydrogens (primary N) is 1. The van der Waals surface area contributed by atoms with Crippen LogP contribution in [-0.4, -0.2) is 9.78 Å². The van der Waals surface area contributed by atoms with E-state index in [-0.39, 0.29) is 6.04 Å². The molecule has 72 valence electrons. The van der Waals surface area contributed by atoms with Crippen molar-refractivity contribution in [2.45, 2.75) is 44.7 Å². The predicted molar refractivity (Wildman–Crippen MR) is 52.3 cm³/mol. The molecule has 0 unspecified atom stereocenters. The summed E-state index contributed by atoms with van der Waals surface area (Å²) < 4.78 is 2.09. The Hall–Kier alpha value is -0.830. The van der Waals surface area contributed by atoms with E-state index in [2.05, 4.69) is 16.0 Å². The second-order valence-electron chi connectivity index (χ2n) is 3.98. The van der Waals surface area contributed by atoms with Gasteiger partial charge in [0.05, 0.1) is 12.2 Å². The molecular formula is C10H17N3. The SMILES string of the molecule is C[C@@H](N)c1cnn(C2CCCC2)c1. The summed E-state index contributed by atoms with van der Waals surface area (Å²) in [5, 5.41) is 4.36. The lowest BCUT2D eigenvalue weighted by Gasteiger charge is -2.08. The van der Waals surface area contributed by atoms with E-state index < -0.39 is 0 Å². The zero-order valence-electron chi connectivity index (χ0n) is 8.11. The van der Waals surface area contributed by atoms with E-state index in [4.69, 9.17) is 5.73 Å². The zero-order chi connectivity index (χ0) is 9.26. The van der Waals surface area contributed by atoms with Gasteiger partial charge in [0.1, 0.15) is 0 Å². The molecule has 0 aliphatic heterocycles. The summed E-state index contributed by atoms with van der Waals surface area (Å²) in [5.74, 6) is 0. The zero-order valence-corrected chi connectivity index (χ0v) is 8.11. The van der Waals surface area contributed by atoms with Gasteiger partial charge in [0, 0.05) is 17.8 Å². The van der Waals surface area contributed by atoms with Gasteiger partial charge in [-0.3, -0.25) is 4.68 Å². The van der Waals surface area contributed by atoms with Crippen molar-refractivity contribution >= 4 is 0 Å². The van der Waals surface area contributed by atoms with Crippen LogP contribution in [0.4, 0.5) is 0 Å². The van der Waals surface area contributed by atoms with Crippen LogP contribution in [0, 0.1) is 0 Å². The first kappa shape index (κ1) is 8.75. The number of aromatic nitrogens is 2. The van der Waals surface area contributed by atoms with Gasteiger partial charge < -0.3 is 5.73 Å². The maximum absolute atomic E-state index is 5.77. The summed E-state index contributed by atoms with van der Waals surface area (Å²) >= 11 is 0. The number of rotatable bonds is 2. The van der Waals surface area contributed by atoms with Crippen LogP contribution >= 0.6 is 0 Å². The minimum absolute atomic E-state index is 0.107. The van der Waals surface area contributed by atoms with Crippen molar-refractivity contribution in [1.82, 2.24) is 9.78 Å². The minimum atomic E-state index is 0.107. The molecule has 1 atom stereocenters. The normalized spacial score (nSPS) is 20.8. The van der Waals surface area contributed by atoms with E-state index in [1.54, 1.807) is 0 Å². The van der Waals surface area contributed by atoms with Crippen LogP contribution in [-0.2, 0) is 0 Å². The fourth-order valence-corrected chi connectivity index (χ4v) is 1.96. The van der Waals surface area contributed by atoms with Gasteiger partial charge in [0.25, 0.3) is 0 Å². The smallest absolute Gasteiger partial charge is 0.0537 e. The Morgan fingerprint density at radius 3 is 2.77 bits per heavy atom. The number of nitrogens with zero attached hydrogens (tertiary/aromatic N) is 2. The fraction of sp³-hybridized carbons (Fsp3) is 0.700. The van der Waals surface area contributed by atoms with Crippen molar-refractivity contribution in [3.05, 3.63) is 18.0 Å². The molecule has 13 heavy (non-hydrogen) atoms. The molecule has 1 saturated carbocycles. The van der Waals surface area contributed by atoms with Gasteiger partial charge in [0.15, 0.2) is 0 Å². The first-order valence-corrected chi connectivity index (χ1v) is 5.07. The Bertz CT molecular complexity index is 271. The molecule has 3 nitrogen and oxygen atoms in total. The molecule has 3 heteroatoms. The molecule has 1 aliphatic carbocycles. The molecule has 1 heterocycles. The monoisotopic (exact) mass is 179 g/mol. The Morgan fingerprint density at radius 1 is 1.54 bits per heavy atom. The highest BCUT2D eigenvalue weighted by atomic mass is 15.3. The third-order valence-corrected chi connectivity index (χ3v) is 2.85. The molecule has 0 radical (unpaired) electrons. The van der Waals surface area contributed by atoms with Crippen molar-refractivity contribution in [1.29, 1.82) is 0 Å². The average molecular weight is 179 g/mol. The third-order valence-electron chi connectivity index (χ3n) is 2.85. The summed E-state index contributed by atoms with van der Waals surface area (Å²) in [5.41, 5.74) is 6.92. The Morgan fingerprint density at radius 2 is 2.23 bits per heavy atom. The molecule has 1 aliphatic rings. The van der Waals surface area contributed by atoms with Crippen LogP contribution in [0.5, 0.6) is 0 Å². The number of hydrogen-bond acceptors (Lipinski definition) is 2. The molecule has 2 N–H and O–H groups in total. The van der Waals surface area contributed by atoms with Crippen molar-refractivity contribution in [2.24, 2.45) is 5.73 Å². The second kappa shape index (κ2) is 3.50. The molecule has 2 rings (SSSR count). The first-order chi connectivity index (χ1) is 6.27. The highest BCUT2D eigenvalue weighted by Gasteiger charge is 2.17. The van der Waals surface area contributed by atoms with Gasteiger partial charge in [-0.15, -0.1) is 0 Å². The lowest BCUT2D eigenvalue weighted by atomic mass is 10.2. The number of hydrogen-bond donors (Lipinski definition) is 1. The Labute approximate surface area is 78.9 Å². The summed E-state index contributed by atoms with van der Waals surface area (Å²) in [6, 6.07) is 0.739. The lowest BCUT2D eigenvalue weighted by Crippen LogP contribution is -2.06. The van der Waals surface area contributed by atoms with Crippen LogP contribution in [0.25, 0.3) is 0 Å². The topological polar surface area (TPSA) is 43.8 Å². The second-order valence-corrected chi connectivity index (χ2v) is 3.98. The fourth-order valence-electron chi connectivity index (χ4n) is 1.96. The quantitative estimate of drug-likeness (QED) is 0.754. The van der Waals surface area contributed by atoms with Crippen molar-refractivity contribution < 1.29 is 0 Å². The van der Waals surface area contributed by atoms with E-state index in [0.29, 0.717) is 6.04 Å². The molecule has 0 spiro atoms. The summed E-state index contributed by atoms with van der Waals surface area (Å²) in [6.07, 6.45) is 9.24. The van der Waals surface area contributed by atoms with Crippen LogP contribution in [0.2, 0.25) is 0 Å². The van der Waals surface area contributed by atoms with Crippen molar-refractivity contribution in [2.75, 3.05) is 0 Å². The molecule has 0 aromatic carbocycles. The maximum Gasteiger partial charge on any atom is 0.0537 e. The summed E-state index contributed by atoms with van der Waals surface area (Å²) in [6.45, 7) is 2.00. The van der Waals surface area contributed by atoms with Crippen LogP contribution < -0.4 is 5.73 Å². The van der Waals surface area contributed by atoms with Gasteiger partial charge in [-0.1, -0.05) is 12.8 Å². The Balaban J connectivity index is 2.12. The largest absolute Gasteiger partial charge is 0.324 e. The van der Waals surface area contributed by atoms with E-state index in [1.165, 1.54) is 25.7 Å². The van der Waals surface area contributed by atoms with Crippen molar-refractivity contribution in [3.63, 3.8) is 0 Å². The maximum atomic E-state index is 5.77. The van der Waals surface area contributed by atoms with Crippen LogP contribution in [0.1, 0.15) is 50.3 Å². The van der Waals surface area contributed by atoms with E-state index in [0.717, 1.165) is 5.56 Å². The Kier molecular flexibility index (Phi) is 2.36. The molecule has 1 aromatic rings. The van der Waals surface area contributed by atoms with Crippen LogP contribution in [0.15, 0.2) is 12.4 Å². The van der Waals surface area contributed by atoms with E-state index in [1.807, 2.05) is 13.1 Å². The molecule has 0 saturated heterocycles. The minimum Gasteiger partial charge on any atom is -0.324 e. The molecule has 0 bridgehead atoms. The van der Waals surface area contributed by atoms with Gasteiger partial charge >= 0.3 is 0 Å². The van der Waals surface area contributed by atoms with E-state index >= 15 is 0 Å². The molecule has 1 aromatic heterocycles. The highest BCUT2D eigenvalue weighted by molar-refractivity contribution is 5.08. The van der Waals surface area contributed by atoms with Crippen molar-refractivity contribution in [3.8, 4) is 0 Å². The summed E-state index contributed by atoms with van der Waals surface area (Å²) in [4.78, 5) is 0. The van der Waals surface area contributed by atoms with Crippen LogP contribution in [0.3, 0.4) is 0 Å². The molecule has 1 fully saturated rings. The highest BCUT2D eigenvalue weighted by Crippen LogP contribution is 2.29. The van der Waals surface area contributed by atoms with Gasteiger partial charge in [-0.05, 0) is 19.8 Å². The predicted octanol–water partition coefficient (Wildman–Crippen LogP) is 2.02. The van der Waals surface area contributed by atoms with E-state index in [9.17, 15) is 0 Å².